The molecule has 0 saturated carbocycles. The fraction of sp³-hybridized carbons (Fsp3) is 0. The van der Waals surface area contributed by atoms with E-state index in [9.17, 15) is 5.11 Å². The maximum atomic E-state index is 10.1. The number of hydrogen-bond acceptors (Lipinski definition) is 4. The van der Waals surface area contributed by atoms with Crippen LogP contribution in [-0.4, -0.2) is 16.3 Å². The molecule has 0 fully saturated rings. The molecule has 0 saturated heterocycles. The molecule has 4 aromatic rings. The van der Waals surface area contributed by atoms with E-state index in [4.69, 9.17) is 39.2 Å². The van der Waals surface area contributed by atoms with Gasteiger partial charge in [0.15, 0.2) is 5.58 Å². The molecule has 0 bridgehead atoms. The first kappa shape index (κ1) is 19.3. The van der Waals surface area contributed by atoms with E-state index >= 15 is 0 Å². The van der Waals surface area contributed by atoms with Crippen molar-refractivity contribution >= 4 is 73.7 Å². The second-order valence-electron chi connectivity index (χ2n) is 5.86. The number of rotatable bonds is 3. The second kappa shape index (κ2) is 7.76. The SMILES string of the molecule is Oc1c(Cl)cc(Br)cc1C=Nc1ccc2oc(-c3cccc(Cl)c3Cl)nc2c1. The van der Waals surface area contributed by atoms with Gasteiger partial charge in [0.1, 0.15) is 11.3 Å². The number of aliphatic imine (C=N–C) groups is 1. The number of benzene rings is 3. The summed E-state index contributed by atoms with van der Waals surface area (Å²) in [5.41, 5.74) is 2.96. The van der Waals surface area contributed by atoms with Crippen molar-refractivity contribution in [3.63, 3.8) is 0 Å². The van der Waals surface area contributed by atoms with E-state index in [-0.39, 0.29) is 10.8 Å². The molecule has 0 aliphatic carbocycles. The van der Waals surface area contributed by atoms with Gasteiger partial charge in [-0.05, 0) is 42.5 Å². The largest absolute Gasteiger partial charge is 0.506 e. The van der Waals surface area contributed by atoms with Crippen LogP contribution in [-0.2, 0) is 0 Å². The van der Waals surface area contributed by atoms with Crippen molar-refractivity contribution in [3.05, 3.63) is 73.6 Å². The molecule has 1 aromatic heterocycles. The minimum absolute atomic E-state index is 0.0333. The molecule has 3 aromatic carbocycles. The molecule has 8 heteroatoms. The molecule has 0 spiro atoms. The lowest BCUT2D eigenvalue weighted by Crippen LogP contribution is -1.84. The maximum absolute atomic E-state index is 10.1. The maximum Gasteiger partial charge on any atom is 0.228 e. The number of oxazole rings is 1. The lowest BCUT2D eigenvalue weighted by atomic mass is 10.2. The molecule has 28 heavy (non-hydrogen) atoms. The predicted molar refractivity (Wildman–Crippen MR) is 118 cm³/mol. The van der Waals surface area contributed by atoms with E-state index < -0.39 is 0 Å². The molecule has 140 valence electrons. The Morgan fingerprint density at radius 2 is 1.86 bits per heavy atom. The Hall–Kier alpha value is -2.05. The molecule has 1 heterocycles. The Balaban J connectivity index is 1.70. The van der Waals surface area contributed by atoms with Crippen molar-refractivity contribution < 1.29 is 9.52 Å². The molecule has 1 N–H and O–H groups in total. The summed E-state index contributed by atoms with van der Waals surface area (Å²) in [6, 6.07) is 13.9. The topological polar surface area (TPSA) is 58.6 Å². The number of nitrogens with zero attached hydrogens (tertiary/aromatic N) is 2. The zero-order valence-corrected chi connectivity index (χ0v) is 17.8. The summed E-state index contributed by atoms with van der Waals surface area (Å²) in [6.07, 6.45) is 1.53. The van der Waals surface area contributed by atoms with Crippen LogP contribution in [0.4, 0.5) is 5.69 Å². The second-order valence-corrected chi connectivity index (χ2v) is 7.96. The van der Waals surface area contributed by atoms with Gasteiger partial charge in [0, 0.05) is 16.3 Å². The summed E-state index contributed by atoms with van der Waals surface area (Å²) < 4.78 is 6.53. The highest BCUT2D eigenvalue weighted by atomic mass is 79.9. The van der Waals surface area contributed by atoms with Crippen LogP contribution < -0.4 is 0 Å². The van der Waals surface area contributed by atoms with Crippen LogP contribution in [0, 0.1) is 0 Å². The fourth-order valence-electron chi connectivity index (χ4n) is 2.61. The van der Waals surface area contributed by atoms with Gasteiger partial charge in [0.2, 0.25) is 5.89 Å². The van der Waals surface area contributed by atoms with E-state index in [1.807, 2.05) is 0 Å². The van der Waals surface area contributed by atoms with Crippen LogP contribution in [0.3, 0.4) is 0 Å². The van der Waals surface area contributed by atoms with E-state index in [1.165, 1.54) is 6.21 Å². The zero-order valence-electron chi connectivity index (χ0n) is 14.0. The van der Waals surface area contributed by atoms with E-state index in [2.05, 4.69) is 25.9 Å². The van der Waals surface area contributed by atoms with Crippen molar-refractivity contribution in [1.82, 2.24) is 4.98 Å². The molecule has 4 nitrogen and oxygen atoms in total. The van der Waals surface area contributed by atoms with Gasteiger partial charge in [0.25, 0.3) is 0 Å². The highest BCUT2D eigenvalue weighted by Crippen LogP contribution is 2.35. The monoisotopic (exact) mass is 494 g/mol. The summed E-state index contributed by atoms with van der Waals surface area (Å²) >= 11 is 21.6. The van der Waals surface area contributed by atoms with Crippen molar-refractivity contribution in [1.29, 1.82) is 0 Å². The number of fused-ring (bicyclic) bond motifs is 1. The van der Waals surface area contributed by atoms with E-state index in [0.29, 0.717) is 43.9 Å². The van der Waals surface area contributed by atoms with Gasteiger partial charge < -0.3 is 9.52 Å². The van der Waals surface area contributed by atoms with Gasteiger partial charge in [-0.3, -0.25) is 4.99 Å². The highest BCUT2D eigenvalue weighted by Gasteiger charge is 2.14. The minimum Gasteiger partial charge on any atom is -0.506 e. The average molecular weight is 497 g/mol. The van der Waals surface area contributed by atoms with Crippen LogP contribution in [0.15, 0.2) is 62.4 Å². The summed E-state index contributed by atoms with van der Waals surface area (Å²) in [5.74, 6) is 0.342. The van der Waals surface area contributed by atoms with Gasteiger partial charge in [-0.25, -0.2) is 4.98 Å². The fourth-order valence-corrected chi connectivity index (χ4v) is 3.82. The average Bonchev–Trinajstić information content (AvgIpc) is 3.08. The number of aromatic nitrogens is 1. The Bertz CT molecular complexity index is 1240. The molecule has 0 aliphatic heterocycles. The third kappa shape index (κ3) is 3.76. The first-order valence-electron chi connectivity index (χ1n) is 7.99. The summed E-state index contributed by atoms with van der Waals surface area (Å²) in [7, 11) is 0. The number of phenols is 1. The Labute approximate surface area is 183 Å². The van der Waals surface area contributed by atoms with Gasteiger partial charge in [-0.2, -0.15) is 0 Å². The van der Waals surface area contributed by atoms with Gasteiger partial charge in [-0.15, -0.1) is 0 Å². The van der Waals surface area contributed by atoms with Crippen LogP contribution in [0.2, 0.25) is 15.1 Å². The normalized spacial score (nSPS) is 11.6. The zero-order chi connectivity index (χ0) is 19.8. The first-order chi connectivity index (χ1) is 13.4. The highest BCUT2D eigenvalue weighted by molar-refractivity contribution is 9.10. The van der Waals surface area contributed by atoms with E-state index in [1.54, 1.807) is 48.5 Å². The first-order valence-corrected chi connectivity index (χ1v) is 9.92. The van der Waals surface area contributed by atoms with Gasteiger partial charge in [-0.1, -0.05) is 56.8 Å². The molecular formula is C20H10BrCl3N2O2. The quantitative estimate of drug-likeness (QED) is 0.296. The molecule has 0 atom stereocenters. The Kier molecular flexibility index (Phi) is 5.34. The smallest absolute Gasteiger partial charge is 0.228 e. The Morgan fingerprint density at radius 1 is 1.04 bits per heavy atom. The molecule has 0 unspecified atom stereocenters. The summed E-state index contributed by atoms with van der Waals surface area (Å²) in [6.45, 7) is 0. The Morgan fingerprint density at radius 3 is 2.68 bits per heavy atom. The lowest BCUT2D eigenvalue weighted by molar-refractivity contribution is 0.474. The number of aromatic hydroxyl groups is 1. The lowest BCUT2D eigenvalue weighted by Gasteiger charge is -2.02. The van der Waals surface area contributed by atoms with Gasteiger partial charge in [0.05, 0.1) is 26.3 Å². The van der Waals surface area contributed by atoms with Crippen molar-refractivity contribution in [2.24, 2.45) is 4.99 Å². The third-order valence-electron chi connectivity index (χ3n) is 3.96. The molecule has 4 rings (SSSR count). The molecule has 0 radical (unpaired) electrons. The number of halogens is 4. The standard InChI is InChI=1S/C20H10BrCl3N2O2/c21-11-6-10(19(27)15(23)7-11)9-25-12-4-5-17-16(8-12)26-20(28-17)13-2-1-3-14(22)18(13)24/h1-9,27H. The van der Waals surface area contributed by atoms with Crippen LogP contribution in [0.1, 0.15) is 5.56 Å². The van der Waals surface area contributed by atoms with Gasteiger partial charge >= 0.3 is 0 Å². The predicted octanol–water partition coefficient (Wildman–Crippen LogP) is 7.67. The van der Waals surface area contributed by atoms with Crippen LogP contribution in [0.25, 0.3) is 22.6 Å². The van der Waals surface area contributed by atoms with Crippen molar-refractivity contribution in [2.45, 2.75) is 0 Å². The summed E-state index contributed by atoms with van der Waals surface area (Å²) in [4.78, 5) is 8.87. The summed E-state index contributed by atoms with van der Waals surface area (Å²) in [5, 5.41) is 11.1. The number of phenolic OH excluding ortho intramolecular Hbond substituents is 1. The molecule has 0 aliphatic rings. The molecular weight excluding hydrogens is 486 g/mol. The minimum atomic E-state index is -0.0333. The van der Waals surface area contributed by atoms with Crippen molar-refractivity contribution in [2.75, 3.05) is 0 Å². The third-order valence-corrected chi connectivity index (χ3v) is 5.53. The van der Waals surface area contributed by atoms with Crippen molar-refractivity contribution in [3.8, 4) is 17.2 Å². The van der Waals surface area contributed by atoms with E-state index in [0.717, 1.165) is 4.47 Å². The number of hydrogen-bond donors (Lipinski definition) is 1. The molecule has 0 amide bonds. The van der Waals surface area contributed by atoms with Crippen LogP contribution >= 0.6 is 50.7 Å². The van der Waals surface area contributed by atoms with Crippen LogP contribution in [0.5, 0.6) is 5.75 Å².